The first-order chi connectivity index (χ1) is 6.47. The molecule has 0 aliphatic heterocycles. The van der Waals surface area contributed by atoms with Crippen LogP contribution in [0.4, 0.5) is 13.2 Å². The molecule has 76 valence electrons. The topological polar surface area (TPSA) is 9.23 Å². The first-order valence-corrected chi connectivity index (χ1v) is 4.43. The quantitative estimate of drug-likeness (QED) is 0.738. The normalized spacial score (nSPS) is 12.0. The van der Waals surface area contributed by atoms with Gasteiger partial charge in [-0.2, -0.15) is 13.2 Å². The fourth-order valence-electron chi connectivity index (χ4n) is 0.703. The molecule has 0 atom stereocenters. The Kier molecular flexibility index (Phi) is 3.57. The fourth-order valence-corrected chi connectivity index (χ4v) is 0.967. The van der Waals surface area contributed by atoms with Crippen LogP contribution in [-0.4, -0.2) is 6.18 Å². The molecule has 14 heavy (non-hydrogen) atoms. The van der Waals surface area contributed by atoms with E-state index in [-0.39, 0.29) is 6.08 Å². The molecule has 0 unspecified atom stereocenters. The van der Waals surface area contributed by atoms with Gasteiger partial charge in [-0.15, -0.1) is 0 Å². The van der Waals surface area contributed by atoms with Crippen LogP contribution in [-0.2, 0) is 0 Å². The summed E-state index contributed by atoms with van der Waals surface area (Å²) >= 11 is 3.19. The Morgan fingerprint density at radius 1 is 1.14 bits per heavy atom. The van der Waals surface area contributed by atoms with E-state index in [9.17, 15) is 13.2 Å². The van der Waals surface area contributed by atoms with Crippen LogP contribution in [0.2, 0.25) is 0 Å². The Hall–Kier alpha value is -0.970. The molecule has 0 radical (unpaired) electrons. The predicted molar refractivity (Wildman–Crippen MR) is 50.0 cm³/mol. The molecular weight excluding hydrogens is 261 g/mol. The number of ether oxygens (including phenoxy) is 1. The van der Waals surface area contributed by atoms with Crippen LogP contribution < -0.4 is 4.74 Å². The maximum Gasteiger partial charge on any atom is 0.412 e. The maximum atomic E-state index is 11.6. The van der Waals surface area contributed by atoms with E-state index in [0.29, 0.717) is 12.0 Å². The van der Waals surface area contributed by atoms with Gasteiger partial charge >= 0.3 is 6.18 Å². The highest BCUT2D eigenvalue weighted by Crippen LogP contribution is 2.18. The van der Waals surface area contributed by atoms with Gasteiger partial charge in [0.1, 0.15) is 5.75 Å². The second-order valence-electron chi connectivity index (χ2n) is 2.42. The van der Waals surface area contributed by atoms with Crippen molar-refractivity contribution in [3.05, 3.63) is 41.1 Å². The van der Waals surface area contributed by atoms with Crippen molar-refractivity contribution in [2.24, 2.45) is 0 Å². The summed E-state index contributed by atoms with van der Waals surface area (Å²) in [5.74, 6) is 0.355. The molecule has 0 aliphatic carbocycles. The van der Waals surface area contributed by atoms with E-state index in [1.807, 2.05) is 0 Å². The number of allylic oxidation sites excluding steroid dienone is 1. The van der Waals surface area contributed by atoms with E-state index in [4.69, 9.17) is 4.74 Å². The van der Waals surface area contributed by atoms with Crippen molar-refractivity contribution < 1.29 is 17.9 Å². The first kappa shape index (κ1) is 11.1. The van der Waals surface area contributed by atoms with Crippen LogP contribution in [0.25, 0.3) is 0 Å². The number of hydrogen-bond donors (Lipinski definition) is 0. The molecule has 0 aromatic heterocycles. The summed E-state index contributed by atoms with van der Waals surface area (Å²) in [6.07, 6.45) is -3.69. The van der Waals surface area contributed by atoms with E-state index in [1.165, 1.54) is 0 Å². The molecule has 0 bridgehead atoms. The third-order valence-electron chi connectivity index (χ3n) is 1.27. The van der Waals surface area contributed by atoms with Crippen LogP contribution in [0.1, 0.15) is 0 Å². The van der Waals surface area contributed by atoms with E-state index in [2.05, 4.69) is 15.9 Å². The molecule has 0 amide bonds. The van der Waals surface area contributed by atoms with Crippen molar-refractivity contribution in [2.45, 2.75) is 6.18 Å². The van der Waals surface area contributed by atoms with Crippen molar-refractivity contribution in [1.29, 1.82) is 0 Å². The molecule has 0 fully saturated rings. The highest BCUT2D eigenvalue weighted by Gasteiger charge is 2.22. The van der Waals surface area contributed by atoms with Gasteiger partial charge < -0.3 is 4.74 Å². The molecule has 1 rings (SSSR count). The minimum atomic E-state index is -4.34. The summed E-state index contributed by atoms with van der Waals surface area (Å²) in [6, 6.07) is 6.48. The van der Waals surface area contributed by atoms with E-state index in [0.717, 1.165) is 4.47 Å². The summed E-state index contributed by atoms with van der Waals surface area (Å²) in [6.45, 7) is 0. The fraction of sp³-hybridized carbons (Fsp3) is 0.111. The Morgan fingerprint density at radius 3 is 2.21 bits per heavy atom. The SMILES string of the molecule is FC(F)(F)/C=C\Oc1ccc(Br)cc1. The molecule has 0 spiro atoms. The average Bonchev–Trinajstić information content (AvgIpc) is 2.06. The first-order valence-electron chi connectivity index (χ1n) is 3.64. The van der Waals surface area contributed by atoms with Gasteiger partial charge in [-0.3, -0.25) is 0 Å². The molecule has 0 aliphatic rings. The van der Waals surface area contributed by atoms with Gasteiger partial charge in [-0.25, -0.2) is 0 Å². The number of alkyl halides is 3. The summed E-state index contributed by atoms with van der Waals surface area (Å²) < 4.78 is 40.5. The smallest absolute Gasteiger partial charge is 0.412 e. The van der Waals surface area contributed by atoms with Gasteiger partial charge in [0.2, 0.25) is 0 Å². The number of rotatable bonds is 2. The van der Waals surface area contributed by atoms with Gasteiger partial charge in [-0.05, 0) is 24.3 Å². The third kappa shape index (κ3) is 4.32. The van der Waals surface area contributed by atoms with Crippen LogP contribution in [0.5, 0.6) is 5.75 Å². The summed E-state index contributed by atoms with van der Waals surface area (Å²) in [5.41, 5.74) is 0. The number of hydrogen-bond acceptors (Lipinski definition) is 1. The summed E-state index contributed by atoms with van der Waals surface area (Å²) in [7, 11) is 0. The van der Waals surface area contributed by atoms with Crippen molar-refractivity contribution in [2.75, 3.05) is 0 Å². The summed E-state index contributed by atoms with van der Waals surface area (Å²) in [4.78, 5) is 0. The standard InChI is InChI=1S/C9H6BrF3O/c10-7-1-3-8(4-2-7)14-6-5-9(11,12)13/h1-6H/b6-5-. The largest absolute Gasteiger partial charge is 0.465 e. The zero-order valence-corrected chi connectivity index (χ0v) is 8.47. The molecule has 0 N–H and O–H groups in total. The zero-order valence-electron chi connectivity index (χ0n) is 6.88. The van der Waals surface area contributed by atoms with Gasteiger partial charge in [0, 0.05) is 4.47 Å². The van der Waals surface area contributed by atoms with Crippen LogP contribution in [0.3, 0.4) is 0 Å². The molecule has 0 saturated heterocycles. The van der Waals surface area contributed by atoms with Gasteiger partial charge in [-0.1, -0.05) is 15.9 Å². The average molecular weight is 267 g/mol. The Morgan fingerprint density at radius 2 is 1.71 bits per heavy atom. The van der Waals surface area contributed by atoms with Crippen molar-refractivity contribution in [3.63, 3.8) is 0 Å². The molecule has 1 aromatic carbocycles. The lowest BCUT2D eigenvalue weighted by Crippen LogP contribution is -2.01. The molecule has 0 heterocycles. The molecule has 0 saturated carbocycles. The van der Waals surface area contributed by atoms with Crippen LogP contribution in [0, 0.1) is 0 Å². The molecular formula is C9H6BrF3O. The Balaban J connectivity index is 2.54. The lowest BCUT2D eigenvalue weighted by atomic mass is 10.3. The minimum Gasteiger partial charge on any atom is -0.465 e. The van der Waals surface area contributed by atoms with Crippen molar-refractivity contribution in [3.8, 4) is 5.75 Å². The van der Waals surface area contributed by atoms with Gasteiger partial charge in [0.15, 0.2) is 0 Å². The van der Waals surface area contributed by atoms with E-state index < -0.39 is 6.18 Å². The monoisotopic (exact) mass is 266 g/mol. The van der Waals surface area contributed by atoms with Gasteiger partial charge in [0.05, 0.1) is 12.3 Å². The Labute approximate surface area is 87.3 Å². The third-order valence-corrected chi connectivity index (χ3v) is 1.80. The highest BCUT2D eigenvalue weighted by molar-refractivity contribution is 9.10. The molecule has 1 nitrogen and oxygen atoms in total. The number of halogens is 4. The van der Waals surface area contributed by atoms with Crippen LogP contribution in [0.15, 0.2) is 41.1 Å². The van der Waals surface area contributed by atoms with Crippen molar-refractivity contribution >= 4 is 15.9 Å². The lowest BCUT2D eigenvalue weighted by molar-refractivity contribution is -0.0809. The lowest BCUT2D eigenvalue weighted by Gasteiger charge is -2.01. The summed E-state index contributed by atoms with van der Waals surface area (Å²) in [5, 5.41) is 0. The molecule has 1 aromatic rings. The second-order valence-corrected chi connectivity index (χ2v) is 3.33. The Bertz CT molecular complexity index is 316. The van der Waals surface area contributed by atoms with Gasteiger partial charge in [0.25, 0.3) is 0 Å². The maximum absolute atomic E-state index is 11.6. The second kappa shape index (κ2) is 4.50. The predicted octanol–water partition coefficient (Wildman–Crippen LogP) is 3.90. The number of benzene rings is 1. The van der Waals surface area contributed by atoms with E-state index in [1.54, 1.807) is 24.3 Å². The van der Waals surface area contributed by atoms with Crippen LogP contribution >= 0.6 is 15.9 Å². The van der Waals surface area contributed by atoms with Crippen molar-refractivity contribution in [1.82, 2.24) is 0 Å². The highest BCUT2D eigenvalue weighted by atomic mass is 79.9. The van der Waals surface area contributed by atoms with E-state index >= 15 is 0 Å². The zero-order chi connectivity index (χ0) is 10.6. The minimum absolute atomic E-state index is 0.0368. The molecule has 5 heteroatoms.